The largest absolute Gasteiger partial charge is 0.374 e. The molecule has 1 unspecified atom stereocenters. The van der Waals surface area contributed by atoms with Crippen LogP contribution in [0.4, 0.5) is 0 Å². The van der Waals surface area contributed by atoms with Gasteiger partial charge in [-0.3, -0.25) is 4.90 Å². The van der Waals surface area contributed by atoms with Gasteiger partial charge in [-0.15, -0.1) is 0 Å². The molecule has 2 aromatic rings. The third kappa shape index (κ3) is 1.73. The molecule has 0 spiro atoms. The van der Waals surface area contributed by atoms with E-state index in [4.69, 9.17) is 0 Å². The van der Waals surface area contributed by atoms with Crippen molar-refractivity contribution in [1.82, 2.24) is 14.5 Å². The average Bonchev–Trinajstić information content (AvgIpc) is 2.59. The van der Waals surface area contributed by atoms with E-state index in [2.05, 4.69) is 4.98 Å². The summed E-state index contributed by atoms with van der Waals surface area (Å²) in [4.78, 5) is 6.01. The van der Waals surface area contributed by atoms with Crippen molar-refractivity contribution in [3.8, 4) is 0 Å². The van der Waals surface area contributed by atoms with Gasteiger partial charge in [0.2, 0.25) is 0 Å². The molecule has 80 valence electrons. The quantitative estimate of drug-likeness (QED) is 0.747. The lowest BCUT2D eigenvalue weighted by Crippen LogP contribution is -2.19. The molecule has 15 heavy (non-hydrogen) atoms. The molecule has 0 aliphatic carbocycles. The van der Waals surface area contributed by atoms with Crippen LogP contribution in [0.5, 0.6) is 0 Å². The van der Waals surface area contributed by atoms with Crippen LogP contribution >= 0.6 is 0 Å². The van der Waals surface area contributed by atoms with Crippen molar-refractivity contribution in [3.05, 3.63) is 30.1 Å². The van der Waals surface area contributed by atoms with Crippen molar-refractivity contribution < 1.29 is 5.11 Å². The number of hydrogen-bond acceptors (Lipinski definition) is 3. The topological polar surface area (TPSA) is 41.3 Å². The van der Waals surface area contributed by atoms with E-state index in [9.17, 15) is 5.11 Å². The molecule has 0 saturated heterocycles. The molecule has 0 radical (unpaired) electrons. The van der Waals surface area contributed by atoms with Gasteiger partial charge in [-0.2, -0.15) is 0 Å². The zero-order valence-corrected chi connectivity index (χ0v) is 9.18. The van der Waals surface area contributed by atoms with Gasteiger partial charge in [0.15, 0.2) is 0 Å². The van der Waals surface area contributed by atoms with Gasteiger partial charge in [0.05, 0.1) is 17.4 Å². The Kier molecular flexibility index (Phi) is 2.46. The third-order valence-electron chi connectivity index (χ3n) is 2.54. The highest BCUT2D eigenvalue weighted by atomic mass is 16.3. The fourth-order valence-corrected chi connectivity index (χ4v) is 1.61. The van der Waals surface area contributed by atoms with Crippen LogP contribution in [0.2, 0.25) is 0 Å². The number of benzene rings is 1. The first kappa shape index (κ1) is 10.1. The Labute approximate surface area is 88.8 Å². The highest BCUT2D eigenvalue weighted by Crippen LogP contribution is 2.20. The predicted molar refractivity (Wildman–Crippen MR) is 59.4 cm³/mol. The lowest BCUT2D eigenvalue weighted by molar-refractivity contribution is 0.0396. The first-order valence-electron chi connectivity index (χ1n) is 4.85. The number of fused-ring (bicyclic) bond motifs is 1. The van der Waals surface area contributed by atoms with Gasteiger partial charge < -0.3 is 9.67 Å². The lowest BCUT2D eigenvalue weighted by Gasteiger charge is -2.18. The lowest BCUT2D eigenvalue weighted by atomic mass is 10.1. The molecule has 4 nitrogen and oxygen atoms in total. The fraction of sp³-hybridized carbons (Fsp3) is 0.364. The van der Waals surface area contributed by atoms with Crippen LogP contribution in [0.3, 0.4) is 0 Å². The molecule has 0 bridgehead atoms. The molecule has 0 aliphatic rings. The summed E-state index contributed by atoms with van der Waals surface area (Å²) in [6.45, 7) is 0. The Morgan fingerprint density at radius 1 is 1.40 bits per heavy atom. The highest BCUT2D eigenvalue weighted by molar-refractivity contribution is 5.76. The van der Waals surface area contributed by atoms with Gasteiger partial charge in [0.25, 0.3) is 0 Å². The van der Waals surface area contributed by atoms with Crippen LogP contribution in [-0.2, 0) is 7.05 Å². The maximum atomic E-state index is 9.86. The molecule has 1 aromatic carbocycles. The van der Waals surface area contributed by atoms with Gasteiger partial charge in [0.1, 0.15) is 6.23 Å². The van der Waals surface area contributed by atoms with Crippen LogP contribution in [0.25, 0.3) is 11.0 Å². The van der Waals surface area contributed by atoms with Gasteiger partial charge in [-0.1, -0.05) is 6.07 Å². The Morgan fingerprint density at radius 2 is 2.13 bits per heavy atom. The van der Waals surface area contributed by atoms with E-state index in [1.807, 2.05) is 43.9 Å². The molecule has 1 aromatic heterocycles. The van der Waals surface area contributed by atoms with E-state index >= 15 is 0 Å². The third-order valence-corrected chi connectivity index (χ3v) is 2.54. The number of hydrogen-bond donors (Lipinski definition) is 1. The molecule has 1 N–H and O–H groups in total. The van der Waals surface area contributed by atoms with Crippen LogP contribution in [0, 0.1) is 0 Å². The van der Waals surface area contributed by atoms with Crippen molar-refractivity contribution >= 4 is 11.0 Å². The van der Waals surface area contributed by atoms with E-state index in [1.165, 1.54) is 0 Å². The van der Waals surface area contributed by atoms with Crippen molar-refractivity contribution in [3.63, 3.8) is 0 Å². The number of aromatic nitrogens is 2. The number of imidazole rings is 1. The highest BCUT2D eigenvalue weighted by Gasteiger charge is 2.10. The van der Waals surface area contributed by atoms with Gasteiger partial charge in [-0.25, -0.2) is 4.98 Å². The van der Waals surface area contributed by atoms with Crippen molar-refractivity contribution in [2.24, 2.45) is 7.05 Å². The van der Waals surface area contributed by atoms with Crippen molar-refractivity contribution in [2.45, 2.75) is 6.23 Å². The van der Waals surface area contributed by atoms with Crippen LogP contribution in [0.15, 0.2) is 24.5 Å². The van der Waals surface area contributed by atoms with Gasteiger partial charge in [0, 0.05) is 7.05 Å². The molecule has 0 amide bonds. The molecule has 1 atom stereocenters. The molecule has 2 rings (SSSR count). The molecule has 1 heterocycles. The van der Waals surface area contributed by atoms with Crippen LogP contribution in [0.1, 0.15) is 11.8 Å². The number of nitrogens with zero attached hydrogens (tertiary/aromatic N) is 3. The summed E-state index contributed by atoms with van der Waals surface area (Å²) in [5.74, 6) is 0. The van der Waals surface area contributed by atoms with E-state index in [1.54, 1.807) is 11.2 Å². The minimum Gasteiger partial charge on any atom is -0.374 e. The molecular weight excluding hydrogens is 190 g/mol. The molecule has 0 aliphatic heterocycles. The average molecular weight is 205 g/mol. The summed E-state index contributed by atoms with van der Waals surface area (Å²) in [6, 6.07) is 5.82. The number of rotatable bonds is 2. The summed E-state index contributed by atoms with van der Waals surface area (Å²) < 4.78 is 1.96. The monoisotopic (exact) mass is 205 g/mol. The summed E-state index contributed by atoms with van der Waals surface area (Å²) in [6.07, 6.45) is 1.20. The molecule has 4 heteroatoms. The number of aryl methyl sites for hydroxylation is 1. The minimum atomic E-state index is -0.573. The van der Waals surface area contributed by atoms with E-state index < -0.39 is 6.23 Å². The minimum absolute atomic E-state index is 0.573. The predicted octanol–water partition coefficient (Wildman–Crippen LogP) is 1.13. The molecule has 0 saturated carbocycles. The van der Waals surface area contributed by atoms with Crippen LogP contribution < -0.4 is 0 Å². The fourth-order valence-electron chi connectivity index (χ4n) is 1.61. The van der Waals surface area contributed by atoms with E-state index in [-0.39, 0.29) is 0 Å². The molecule has 0 fully saturated rings. The standard InChI is InChI=1S/C11H15N3O/c1-13(2)11(15)8-4-5-10-9(6-8)12-7-14(10)3/h4-7,11,15H,1-3H3. The second kappa shape index (κ2) is 3.64. The summed E-state index contributed by atoms with van der Waals surface area (Å²) in [7, 11) is 5.64. The smallest absolute Gasteiger partial charge is 0.133 e. The summed E-state index contributed by atoms with van der Waals surface area (Å²) >= 11 is 0. The summed E-state index contributed by atoms with van der Waals surface area (Å²) in [5.41, 5.74) is 2.85. The normalized spacial score (nSPS) is 13.7. The Hall–Kier alpha value is -1.39. The Balaban J connectivity index is 2.47. The Bertz CT molecular complexity index is 476. The maximum Gasteiger partial charge on any atom is 0.133 e. The van der Waals surface area contributed by atoms with Gasteiger partial charge in [-0.05, 0) is 31.8 Å². The summed E-state index contributed by atoms with van der Waals surface area (Å²) in [5, 5.41) is 9.86. The maximum absolute atomic E-state index is 9.86. The van der Waals surface area contributed by atoms with Crippen LogP contribution in [-0.4, -0.2) is 33.7 Å². The SMILES string of the molecule is CN(C)C(O)c1ccc2c(c1)ncn2C. The second-order valence-electron chi connectivity index (χ2n) is 3.94. The molecular formula is C11H15N3O. The number of aliphatic hydroxyl groups excluding tert-OH is 1. The zero-order valence-electron chi connectivity index (χ0n) is 9.18. The first-order valence-corrected chi connectivity index (χ1v) is 4.85. The van der Waals surface area contributed by atoms with E-state index in [0.29, 0.717) is 0 Å². The Morgan fingerprint density at radius 3 is 2.80 bits per heavy atom. The zero-order chi connectivity index (χ0) is 11.0. The van der Waals surface area contributed by atoms with Crippen molar-refractivity contribution in [2.75, 3.05) is 14.1 Å². The first-order chi connectivity index (χ1) is 7.09. The van der Waals surface area contributed by atoms with E-state index in [0.717, 1.165) is 16.6 Å². The van der Waals surface area contributed by atoms with Crippen molar-refractivity contribution in [1.29, 1.82) is 0 Å². The second-order valence-corrected chi connectivity index (χ2v) is 3.94. The number of aliphatic hydroxyl groups is 1. The van der Waals surface area contributed by atoms with Gasteiger partial charge >= 0.3 is 0 Å².